The molecule has 1 N–H and O–H groups in total. The molecule has 0 radical (unpaired) electrons. The fourth-order valence-electron chi connectivity index (χ4n) is 6.37. The first-order chi connectivity index (χ1) is 19.7. The van der Waals surface area contributed by atoms with Gasteiger partial charge in [0.2, 0.25) is 5.91 Å². The molecule has 0 unspecified atom stereocenters. The Balaban J connectivity index is 1.37. The Morgan fingerprint density at radius 2 is 1.98 bits per heavy atom. The van der Waals surface area contributed by atoms with Gasteiger partial charge in [-0.2, -0.15) is 9.97 Å². The summed E-state index contributed by atoms with van der Waals surface area (Å²) in [6, 6.07) is 5.53. The van der Waals surface area contributed by atoms with Crippen LogP contribution in [0.5, 0.6) is 11.8 Å². The number of phenols is 1. The van der Waals surface area contributed by atoms with E-state index in [9.17, 15) is 14.3 Å². The zero-order valence-electron chi connectivity index (χ0n) is 22.9. The number of carbonyl (C=O) groups is 1. The van der Waals surface area contributed by atoms with Gasteiger partial charge in [-0.25, -0.2) is 8.78 Å². The van der Waals surface area contributed by atoms with E-state index >= 15 is 4.39 Å². The van der Waals surface area contributed by atoms with Gasteiger partial charge < -0.3 is 24.5 Å². The minimum Gasteiger partial charge on any atom is -0.507 e. The maximum atomic E-state index is 16.3. The third kappa shape index (κ3) is 4.97. The number of aromatic hydroxyl groups is 1. The Morgan fingerprint density at radius 1 is 1.22 bits per heavy atom. The van der Waals surface area contributed by atoms with Crippen LogP contribution in [0.1, 0.15) is 25.7 Å². The molecule has 8 nitrogen and oxygen atoms in total. The molecule has 4 heterocycles. The molecular formula is C30H32ClF2N5O3. The van der Waals surface area contributed by atoms with Crippen molar-refractivity contribution in [1.29, 1.82) is 0 Å². The number of piperidine rings is 1. The minimum atomic E-state index is -0.856. The van der Waals surface area contributed by atoms with E-state index in [4.69, 9.17) is 21.3 Å². The molecule has 3 aliphatic rings. The summed E-state index contributed by atoms with van der Waals surface area (Å²) in [5.74, 6) is -1.65. The number of aromatic nitrogens is 2. The summed E-state index contributed by atoms with van der Waals surface area (Å²) >= 11 is 6.56. The van der Waals surface area contributed by atoms with Crippen molar-refractivity contribution in [3.63, 3.8) is 0 Å². The first-order valence-corrected chi connectivity index (χ1v) is 14.2. The second-order valence-electron chi connectivity index (χ2n) is 11.4. The second kappa shape index (κ2) is 10.7. The fourth-order valence-corrected chi connectivity index (χ4v) is 6.66. The number of hydrogen-bond donors (Lipinski definition) is 1. The fraction of sp³-hybridized carbons (Fsp3) is 0.433. The maximum absolute atomic E-state index is 16.3. The monoisotopic (exact) mass is 583 g/mol. The molecule has 2 aromatic carbocycles. The average Bonchev–Trinajstić information content (AvgIpc) is 3.36. The van der Waals surface area contributed by atoms with Gasteiger partial charge in [-0.05, 0) is 63.6 Å². The first-order valence-electron chi connectivity index (χ1n) is 13.9. The van der Waals surface area contributed by atoms with Gasteiger partial charge in [0.15, 0.2) is 5.82 Å². The molecule has 3 saturated heterocycles. The highest BCUT2D eigenvalue weighted by Gasteiger charge is 2.46. The lowest BCUT2D eigenvalue weighted by molar-refractivity contribution is -0.139. The number of benzene rings is 2. The van der Waals surface area contributed by atoms with Crippen molar-refractivity contribution >= 4 is 34.2 Å². The van der Waals surface area contributed by atoms with Crippen LogP contribution >= 0.6 is 11.6 Å². The molecule has 3 fully saturated rings. The van der Waals surface area contributed by atoms with E-state index in [0.717, 1.165) is 38.3 Å². The van der Waals surface area contributed by atoms with Crippen molar-refractivity contribution in [1.82, 2.24) is 19.8 Å². The molecule has 0 aliphatic carbocycles. The molecule has 1 atom stereocenters. The molecule has 41 heavy (non-hydrogen) atoms. The molecule has 0 bridgehead atoms. The van der Waals surface area contributed by atoms with Crippen molar-refractivity contribution in [3.8, 4) is 22.9 Å². The van der Waals surface area contributed by atoms with Crippen molar-refractivity contribution in [2.45, 2.75) is 31.7 Å². The van der Waals surface area contributed by atoms with Crippen LogP contribution in [0.3, 0.4) is 0 Å². The van der Waals surface area contributed by atoms with E-state index in [1.165, 1.54) is 24.3 Å². The number of halogens is 3. The summed E-state index contributed by atoms with van der Waals surface area (Å²) in [5, 5.41) is 10.7. The van der Waals surface area contributed by atoms with Gasteiger partial charge in [0, 0.05) is 48.6 Å². The number of fused-ring (bicyclic) bond motifs is 1. The van der Waals surface area contributed by atoms with Gasteiger partial charge in [0.25, 0.3) is 0 Å². The number of ether oxygens (including phenoxy) is 1. The van der Waals surface area contributed by atoms with Crippen LogP contribution in [0.25, 0.3) is 22.0 Å². The molecule has 3 aromatic rings. The van der Waals surface area contributed by atoms with E-state index in [2.05, 4.69) is 21.4 Å². The molecule has 6 rings (SSSR count). The van der Waals surface area contributed by atoms with Gasteiger partial charge in [0.1, 0.15) is 29.5 Å². The Labute approximate surface area is 242 Å². The van der Waals surface area contributed by atoms with E-state index in [0.29, 0.717) is 44.0 Å². The van der Waals surface area contributed by atoms with Crippen molar-refractivity contribution < 1.29 is 23.4 Å². The Bertz CT molecular complexity index is 1500. The standard InChI is InChI=1S/C30H32ClF2N5O3/c1-3-23(40)38-16-30(17-38)9-12-37(13-10-30)28-19-14-20(31)24(25-21(32)7-4-8-22(25)39)26(33)27(19)34-29(35-28)41-15-18-6-5-11-36(18)2/h3-4,7-8,14,18,39H,1,5-6,9-13,15-17H2,2H3/t18-/m0/s1. The lowest BCUT2D eigenvalue weighted by Gasteiger charge is -2.54. The number of likely N-dealkylation sites (N-methyl/N-ethyl adjacent to an activating group) is 1. The van der Waals surface area contributed by atoms with Gasteiger partial charge in [-0.3, -0.25) is 4.79 Å². The molecule has 1 amide bonds. The smallest absolute Gasteiger partial charge is 0.319 e. The number of amides is 1. The highest BCUT2D eigenvalue weighted by atomic mass is 35.5. The van der Waals surface area contributed by atoms with Crippen molar-refractivity contribution in [2.75, 3.05) is 51.3 Å². The van der Waals surface area contributed by atoms with Crippen LogP contribution in [0.2, 0.25) is 5.02 Å². The summed E-state index contributed by atoms with van der Waals surface area (Å²) in [6.07, 6.45) is 5.06. The maximum Gasteiger partial charge on any atom is 0.319 e. The summed E-state index contributed by atoms with van der Waals surface area (Å²) in [5.41, 5.74) is -0.600. The van der Waals surface area contributed by atoms with Gasteiger partial charge >= 0.3 is 6.01 Å². The second-order valence-corrected chi connectivity index (χ2v) is 11.8. The molecule has 3 aliphatic heterocycles. The highest BCUT2D eigenvalue weighted by molar-refractivity contribution is 6.34. The zero-order valence-corrected chi connectivity index (χ0v) is 23.6. The Hall–Kier alpha value is -3.50. The van der Waals surface area contributed by atoms with Gasteiger partial charge in [-0.15, -0.1) is 0 Å². The highest BCUT2D eigenvalue weighted by Crippen LogP contribution is 2.45. The molecule has 0 saturated carbocycles. The van der Waals surface area contributed by atoms with Crippen molar-refractivity contribution in [3.05, 3.63) is 53.6 Å². The van der Waals surface area contributed by atoms with Crippen LogP contribution in [-0.4, -0.2) is 83.2 Å². The number of anilines is 1. The third-order valence-electron chi connectivity index (χ3n) is 8.82. The molecule has 216 valence electrons. The summed E-state index contributed by atoms with van der Waals surface area (Å²) in [7, 11) is 2.04. The zero-order chi connectivity index (χ0) is 28.9. The lowest BCUT2D eigenvalue weighted by atomic mass is 9.72. The average molecular weight is 584 g/mol. The number of nitrogens with zero attached hydrogens (tertiary/aromatic N) is 5. The number of likely N-dealkylation sites (tertiary alicyclic amines) is 2. The van der Waals surface area contributed by atoms with Crippen LogP contribution < -0.4 is 9.64 Å². The van der Waals surface area contributed by atoms with E-state index in [1.54, 1.807) is 4.90 Å². The van der Waals surface area contributed by atoms with E-state index in [1.807, 2.05) is 7.05 Å². The van der Waals surface area contributed by atoms with Crippen LogP contribution in [0.4, 0.5) is 14.6 Å². The topological polar surface area (TPSA) is 82.0 Å². The quantitative estimate of drug-likeness (QED) is 0.408. The van der Waals surface area contributed by atoms with Crippen molar-refractivity contribution in [2.24, 2.45) is 5.41 Å². The number of hydrogen-bond acceptors (Lipinski definition) is 7. The number of rotatable bonds is 6. The van der Waals surface area contributed by atoms with Crippen LogP contribution in [-0.2, 0) is 4.79 Å². The predicted octanol–water partition coefficient (Wildman–Crippen LogP) is 5.02. The molecule has 1 spiro atoms. The Morgan fingerprint density at radius 3 is 2.63 bits per heavy atom. The summed E-state index contributed by atoms with van der Waals surface area (Å²) in [6.45, 7) is 7.57. The first kappa shape index (κ1) is 27.7. The normalized spacial score (nSPS) is 20.4. The number of phenolic OH excluding ortho intramolecular Hbond substituents is 1. The third-order valence-corrected chi connectivity index (χ3v) is 9.12. The molecule has 1 aromatic heterocycles. The SMILES string of the molecule is C=CC(=O)N1CC2(CCN(c3nc(OC[C@@H]4CCCN4C)nc4c(F)c(-c5c(O)cccc5F)c(Cl)cc34)CC2)C1. The summed E-state index contributed by atoms with van der Waals surface area (Å²) in [4.78, 5) is 27.2. The minimum absolute atomic E-state index is 0.0319. The largest absolute Gasteiger partial charge is 0.507 e. The van der Waals surface area contributed by atoms with Crippen LogP contribution in [0.15, 0.2) is 36.9 Å². The van der Waals surface area contributed by atoms with E-state index < -0.39 is 17.4 Å². The lowest BCUT2D eigenvalue weighted by Crippen LogP contribution is -2.61. The predicted molar refractivity (Wildman–Crippen MR) is 153 cm³/mol. The van der Waals surface area contributed by atoms with Gasteiger partial charge in [0.05, 0.1) is 10.6 Å². The molecular weight excluding hydrogens is 552 g/mol. The summed E-state index contributed by atoms with van der Waals surface area (Å²) < 4.78 is 37.1. The molecule has 11 heteroatoms. The van der Waals surface area contributed by atoms with E-state index in [-0.39, 0.29) is 45.0 Å². The number of carbonyl (C=O) groups excluding carboxylic acids is 1. The van der Waals surface area contributed by atoms with Crippen LogP contribution in [0, 0.1) is 17.0 Å². The van der Waals surface area contributed by atoms with Gasteiger partial charge in [-0.1, -0.05) is 24.2 Å². The Kier molecular flexibility index (Phi) is 7.23.